The molecule has 1 heterocycles. The average molecular weight is 509 g/mol. The Hall–Kier alpha value is -4.84. The minimum Gasteiger partial charge on any atom is -0.455 e. The van der Waals surface area contributed by atoms with Crippen LogP contribution < -0.4 is 26.7 Å². The van der Waals surface area contributed by atoms with E-state index in [-0.39, 0.29) is 23.6 Å². The number of nitrogen functional groups attached to an aromatic ring is 1. The Balaban J connectivity index is 1.28. The van der Waals surface area contributed by atoms with Crippen molar-refractivity contribution in [3.05, 3.63) is 95.4 Å². The number of nitrogens with zero attached hydrogens (tertiary/aromatic N) is 3. The predicted octanol–water partition coefficient (Wildman–Crippen LogP) is 4.01. The zero-order valence-corrected chi connectivity index (χ0v) is 21.0. The van der Waals surface area contributed by atoms with Crippen molar-refractivity contribution < 1.29 is 14.3 Å². The van der Waals surface area contributed by atoms with Gasteiger partial charge in [0, 0.05) is 23.2 Å². The smallest absolute Gasteiger partial charge is 0.255 e. The summed E-state index contributed by atoms with van der Waals surface area (Å²) >= 11 is 0. The molecule has 0 aliphatic heterocycles. The van der Waals surface area contributed by atoms with Gasteiger partial charge < -0.3 is 21.2 Å². The number of amides is 2. The normalized spacial score (nSPS) is 15.7. The van der Waals surface area contributed by atoms with E-state index in [9.17, 15) is 14.9 Å². The second-order valence-electron chi connectivity index (χ2n) is 9.76. The van der Waals surface area contributed by atoms with E-state index in [0.29, 0.717) is 28.2 Å². The zero-order chi connectivity index (χ0) is 26.9. The van der Waals surface area contributed by atoms with Crippen molar-refractivity contribution >= 4 is 17.5 Å². The summed E-state index contributed by atoms with van der Waals surface area (Å²) in [5, 5.41) is 15.1. The van der Waals surface area contributed by atoms with Crippen LogP contribution >= 0.6 is 0 Å². The summed E-state index contributed by atoms with van der Waals surface area (Å²) in [6, 6.07) is 18.3. The Kier molecular flexibility index (Phi) is 6.47. The third-order valence-electron chi connectivity index (χ3n) is 6.71. The van der Waals surface area contributed by atoms with Crippen molar-refractivity contribution in [1.82, 2.24) is 9.99 Å². The van der Waals surface area contributed by atoms with E-state index in [4.69, 9.17) is 10.6 Å². The first-order valence-corrected chi connectivity index (χ1v) is 12.4. The van der Waals surface area contributed by atoms with Gasteiger partial charge in [-0.3, -0.25) is 9.59 Å². The van der Waals surface area contributed by atoms with Gasteiger partial charge in [0.2, 0.25) is 5.91 Å². The summed E-state index contributed by atoms with van der Waals surface area (Å²) in [5.74, 6) is 7.03. The largest absolute Gasteiger partial charge is 0.455 e. The number of aryl methyl sites for hydroxylation is 1. The Morgan fingerprint density at radius 1 is 1.18 bits per heavy atom. The van der Waals surface area contributed by atoms with Gasteiger partial charge in [0.1, 0.15) is 17.3 Å². The number of nitrogens with one attached hydrogen (secondary N) is 2. The molecule has 2 aliphatic carbocycles. The SMILES string of the molecule is C=C(/N=c1/ccc(Oc2cc(NC(=O)c3cccc(C4(C#N)CC4)c3)ccc2C)cn1N)NC(=O)C1CC1. The predicted molar refractivity (Wildman–Crippen MR) is 142 cm³/mol. The Morgan fingerprint density at radius 3 is 2.66 bits per heavy atom. The van der Waals surface area contributed by atoms with Gasteiger partial charge in [-0.1, -0.05) is 24.8 Å². The number of pyridine rings is 1. The number of hydrogen-bond acceptors (Lipinski definition) is 6. The fourth-order valence-corrected chi connectivity index (χ4v) is 4.07. The molecular formula is C29H28N6O3. The van der Waals surface area contributed by atoms with Crippen molar-refractivity contribution in [3.8, 4) is 17.6 Å². The fraction of sp³-hybridized carbons (Fsp3) is 0.241. The van der Waals surface area contributed by atoms with Gasteiger partial charge in [-0.2, -0.15) is 5.26 Å². The molecule has 0 saturated heterocycles. The van der Waals surface area contributed by atoms with E-state index in [2.05, 4.69) is 28.3 Å². The van der Waals surface area contributed by atoms with Crippen LogP contribution in [0, 0.1) is 24.2 Å². The highest BCUT2D eigenvalue weighted by Crippen LogP contribution is 2.47. The van der Waals surface area contributed by atoms with Gasteiger partial charge in [0.05, 0.1) is 17.7 Å². The first-order chi connectivity index (χ1) is 18.3. The van der Waals surface area contributed by atoms with E-state index in [0.717, 1.165) is 36.8 Å². The number of carbonyl (C=O) groups excluding carboxylic acids is 2. The van der Waals surface area contributed by atoms with Gasteiger partial charge in [0.15, 0.2) is 5.49 Å². The van der Waals surface area contributed by atoms with E-state index >= 15 is 0 Å². The topological polar surface area (TPSA) is 135 Å². The minimum atomic E-state index is -0.457. The molecule has 0 radical (unpaired) electrons. The van der Waals surface area contributed by atoms with Crippen LogP contribution in [-0.4, -0.2) is 16.5 Å². The summed E-state index contributed by atoms with van der Waals surface area (Å²) in [4.78, 5) is 29.1. The zero-order valence-electron chi connectivity index (χ0n) is 21.0. The van der Waals surface area contributed by atoms with Gasteiger partial charge in [-0.25, -0.2) is 9.67 Å². The van der Waals surface area contributed by atoms with E-state index < -0.39 is 5.41 Å². The van der Waals surface area contributed by atoms with Crippen molar-refractivity contribution in [3.63, 3.8) is 0 Å². The van der Waals surface area contributed by atoms with Crippen molar-refractivity contribution in [2.45, 2.75) is 38.0 Å². The van der Waals surface area contributed by atoms with Gasteiger partial charge in [-0.05, 0) is 74.1 Å². The summed E-state index contributed by atoms with van der Waals surface area (Å²) in [5.41, 5.74) is 2.73. The van der Waals surface area contributed by atoms with Crippen LogP contribution in [0.25, 0.3) is 0 Å². The molecule has 4 N–H and O–H groups in total. The van der Waals surface area contributed by atoms with Crippen LogP contribution in [0.5, 0.6) is 11.5 Å². The molecule has 0 bridgehead atoms. The molecule has 192 valence electrons. The maximum atomic E-state index is 12.9. The summed E-state index contributed by atoms with van der Waals surface area (Å²) < 4.78 is 7.33. The highest BCUT2D eigenvalue weighted by atomic mass is 16.5. The fourth-order valence-electron chi connectivity index (χ4n) is 4.07. The van der Waals surface area contributed by atoms with Crippen LogP contribution in [0.3, 0.4) is 0 Å². The average Bonchev–Trinajstić information content (AvgIpc) is 3.82. The number of hydrogen-bond donors (Lipinski definition) is 3. The standard InChI is InChI=1S/C29H28N6O3/c1-18-6-9-23(34-28(37)21-4-3-5-22(14-21)29(17-30)12-13-29)15-25(18)38-24-10-11-26(35(31)16-24)32-19(2)33-27(36)20-7-8-20/h3-6,9-11,14-16,20H,2,7-8,12-13,31H2,1H3,(H,33,36)(H,34,37)/b32-26-. The lowest BCUT2D eigenvalue weighted by molar-refractivity contribution is -0.121. The van der Waals surface area contributed by atoms with Crippen LogP contribution in [-0.2, 0) is 10.2 Å². The molecule has 1 aromatic heterocycles. The van der Waals surface area contributed by atoms with Gasteiger partial charge >= 0.3 is 0 Å². The van der Waals surface area contributed by atoms with Crippen molar-refractivity contribution in [1.29, 1.82) is 5.26 Å². The van der Waals surface area contributed by atoms with Crippen LogP contribution in [0.15, 0.2) is 78.2 Å². The van der Waals surface area contributed by atoms with E-state index in [1.807, 2.05) is 19.1 Å². The molecule has 5 rings (SSSR count). The first-order valence-electron chi connectivity index (χ1n) is 12.4. The number of rotatable bonds is 8. The molecule has 9 heteroatoms. The summed E-state index contributed by atoms with van der Waals surface area (Å²) in [7, 11) is 0. The lowest BCUT2D eigenvalue weighted by Gasteiger charge is -2.13. The number of aromatic nitrogens is 1. The molecule has 2 aromatic carbocycles. The molecule has 38 heavy (non-hydrogen) atoms. The number of benzene rings is 2. The van der Waals surface area contributed by atoms with E-state index in [1.165, 1.54) is 4.68 Å². The molecular weight excluding hydrogens is 480 g/mol. The van der Waals surface area contributed by atoms with Crippen LogP contribution in [0.1, 0.15) is 47.2 Å². The third-order valence-corrected chi connectivity index (χ3v) is 6.71. The van der Waals surface area contributed by atoms with Gasteiger partial charge in [-0.15, -0.1) is 0 Å². The number of ether oxygens (including phenoxy) is 1. The molecule has 2 saturated carbocycles. The monoisotopic (exact) mass is 508 g/mol. The van der Waals surface area contributed by atoms with Crippen LogP contribution in [0.2, 0.25) is 0 Å². The molecule has 0 atom stereocenters. The van der Waals surface area contributed by atoms with Gasteiger partial charge in [0.25, 0.3) is 5.91 Å². The lowest BCUT2D eigenvalue weighted by atomic mass is 9.96. The Bertz CT molecular complexity index is 1560. The minimum absolute atomic E-state index is 0.0510. The summed E-state index contributed by atoms with van der Waals surface area (Å²) in [6.07, 6.45) is 4.98. The molecule has 0 unspecified atom stereocenters. The molecule has 0 spiro atoms. The molecule has 2 amide bonds. The highest BCUT2D eigenvalue weighted by Gasteiger charge is 2.45. The summed E-state index contributed by atoms with van der Waals surface area (Å²) in [6.45, 7) is 5.67. The molecule has 2 aliphatic rings. The maximum absolute atomic E-state index is 12.9. The van der Waals surface area contributed by atoms with Crippen molar-refractivity contribution in [2.75, 3.05) is 11.2 Å². The van der Waals surface area contributed by atoms with E-state index in [1.54, 1.807) is 48.7 Å². The first kappa shape index (κ1) is 24.8. The van der Waals surface area contributed by atoms with Crippen molar-refractivity contribution in [2.24, 2.45) is 10.9 Å². The number of anilines is 1. The molecule has 2 fully saturated rings. The second-order valence-corrected chi connectivity index (χ2v) is 9.76. The maximum Gasteiger partial charge on any atom is 0.255 e. The third kappa shape index (κ3) is 5.44. The number of nitriles is 1. The molecule has 9 nitrogen and oxygen atoms in total. The highest BCUT2D eigenvalue weighted by molar-refractivity contribution is 6.04. The van der Waals surface area contributed by atoms with Crippen LogP contribution in [0.4, 0.5) is 5.69 Å². The molecule has 3 aromatic rings. The number of carbonyl (C=O) groups is 2. The Morgan fingerprint density at radius 2 is 1.97 bits per heavy atom. The number of nitrogens with two attached hydrogens (primary N) is 1. The quantitative estimate of drug-likeness (QED) is 0.395. The second kappa shape index (κ2) is 9.90. The Labute approximate surface area is 220 Å². The lowest BCUT2D eigenvalue weighted by Crippen LogP contribution is -2.29.